The van der Waals surface area contributed by atoms with Crippen LogP contribution in [0.5, 0.6) is 0 Å². The van der Waals surface area contributed by atoms with Crippen LogP contribution in [0.2, 0.25) is 5.02 Å². The van der Waals surface area contributed by atoms with E-state index in [-0.39, 0.29) is 0 Å². The van der Waals surface area contributed by atoms with E-state index in [1.807, 2.05) is 36.7 Å². The minimum atomic E-state index is 0.759. The number of fused-ring (bicyclic) bond motifs is 1. The topological polar surface area (TPSA) is 29.6 Å². The molecule has 0 unspecified atom stereocenters. The van der Waals surface area contributed by atoms with Gasteiger partial charge < -0.3 is 4.57 Å². The Bertz CT molecular complexity index is 580. The second kappa shape index (κ2) is 4.16. The maximum Gasteiger partial charge on any atom is 0.211 e. The number of aryl methyl sites for hydroxylation is 1. The average Bonchev–Trinajstić information content (AvgIpc) is 2.55. The van der Waals surface area contributed by atoms with Crippen LogP contribution < -0.4 is 4.80 Å². The molecule has 1 heterocycles. The minimum absolute atomic E-state index is 0.759. The van der Waals surface area contributed by atoms with Gasteiger partial charge >= 0.3 is 0 Å². The molecule has 0 spiro atoms. The number of aromatic nitrogens is 1. The van der Waals surface area contributed by atoms with Gasteiger partial charge in [-0.25, -0.2) is 0 Å². The van der Waals surface area contributed by atoms with Gasteiger partial charge in [-0.1, -0.05) is 29.0 Å². The lowest BCUT2D eigenvalue weighted by molar-refractivity contribution is 0.889. The molecule has 0 saturated heterocycles. The zero-order valence-corrected chi connectivity index (χ0v) is 10.0. The van der Waals surface area contributed by atoms with E-state index in [1.165, 1.54) is 0 Å². The summed E-state index contributed by atoms with van der Waals surface area (Å²) in [6, 6.07) is 5.84. The molecule has 0 aliphatic heterocycles. The third-order valence-electron chi connectivity index (χ3n) is 2.05. The van der Waals surface area contributed by atoms with Gasteiger partial charge in [0.05, 0.1) is 15.2 Å². The van der Waals surface area contributed by atoms with Crippen molar-refractivity contribution in [3.05, 3.63) is 28.0 Å². The second-order valence-corrected chi connectivity index (χ2v) is 4.39. The highest BCUT2D eigenvalue weighted by atomic mass is 35.5. The van der Waals surface area contributed by atoms with Crippen molar-refractivity contribution >= 4 is 39.4 Å². The predicted molar refractivity (Wildman–Crippen MR) is 65.5 cm³/mol. The van der Waals surface area contributed by atoms with E-state index < -0.39 is 0 Å². The van der Waals surface area contributed by atoms with Crippen LogP contribution in [0, 0.1) is 0 Å². The molecular weight excluding hydrogens is 230 g/mol. The Balaban J connectivity index is 2.80. The van der Waals surface area contributed by atoms with E-state index in [0.717, 1.165) is 20.0 Å². The molecule has 0 bridgehead atoms. The van der Waals surface area contributed by atoms with Gasteiger partial charge in [0.1, 0.15) is 0 Å². The summed E-state index contributed by atoms with van der Waals surface area (Å²) in [4.78, 5) is 0.844. The van der Waals surface area contributed by atoms with Crippen LogP contribution in [0.3, 0.4) is 0 Å². The number of halogens is 1. The summed E-state index contributed by atoms with van der Waals surface area (Å²) in [5.74, 6) is 0. The standard InChI is InChI=1S/C10H10ClN3S/c1-3-12-13-10-14(2)8-6-4-5-7(11)9(8)15-10/h3-6H,1-2H3/b12-3+,13-10+. The van der Waals surface area contributed by atoms with Crippen LogP contribution >= 0.6 is 22.9 Å². The molecule has 78 valence electrons. The Kier molecular flexibility index (Phi) is 2.88. The van der Waals surface area contributed by atoms with Crippen LogP contribution in [0.15, 0.2) is 28.4 Å². The van der Waals surface area contributed by atoms with Crippen molar-refractivity contribution in [1.82, 2.24) is 4.57 Å². The summed E-state index contributed by atoms with van der Waals surface area (Å²) in [7, 11) is 1.96. The number of nitrogens with zero attached hydrogens (tertiary/aromatic N) is 3. The van der Waals surface area contributed by atoms with Crippen LogP contribution in [0.1, 0.15) is 6.92 Å². The minimum Gasteiger partial charge on any atom is -0.318 e. The first-order valence-corrected chi connectivity index (χ1v) is 5.69. The summed E-state index contributed by atoms with van der Waals surface area (Å²) >= 11 is 7.63. The summed E-state index contributed by atoms with van der Waals surface area (Å²) in [5, 5.41) is 8.73. The maximum atomic E-state index is 6.09. The molecule has 1 aromatic heterocycles. The number of hydrogen-bond acceptors (Lipinski definition) is 3. The highest BCUT2D eigenvalue weighted by Crippen LogP contribution is 2.25. The van der Waals surface area contributed by atoms with Gasteiger partial charge in [-0.15, -0.1) is 5.10 Å². The molecule has 0 saturated carbocycles. The molecule has 0 fully saturated rings. The van der Waals surface area contributed by atoms with Gasteiger partial charge in [-0.05, 0) is 19.1 Å². The fraction of sp³-hybridized carbons (Fsp3) is 0.200. The molecule has 15 heavy (non-hydrogen) atoms. The SMILES string of the molecule is C/C=N/N=c1/sc2c(Cl)cccc2n1C. The Morgan fingerprint density at radius 1 is 1.47 bits per heavy atom. The zero-order valence-electron chi connectivity index (χ0n) is 8.44. The van der Waals surface area contributed by atoms with Crippen molar-refractivity contribution < 1.29 is 0 Å². The Hall–Kier alpha value is -1.13. The van der Waals surface area contributed by atoms with Crippen molar-refractivity contribution in [2.75, 3.05) is 0 Å². The van der Waals surface area contributed by atoms with Crippen molar-refractivity contribution in [2.45, 2.75) is 6.92 Å². The van der Waals surface area contributed by atoms with Crippen molar-refractivity contribution in [1.29, 1.82) is 0 Å². The molecule has 0 atom stereocenters. The number of hydrogen-bond donors (Lipinski definition) is 0. The summed E-state index contributed by atoms with van der Waals surface area (Å²) in [6.07, 6.45) is 1.66. The molecular formula is C10H10ClN3S. The first-order valence-electron chi connectivity index (χ1n) is 4.49. The Morgan fingerprint density at radius 2 is 2.27 bits per heavy atom. The van der Waals surface area contributed by atoms with Gasteiger partial charge in [0.2, 0.25) is 4.80 Å². The van der Waals surface area contributed by atoms with E-state index >= 15 is 0 Å². The van der Waals surface area contributed by atoms with Gasteiger partial charge in [-0.2, -0.15) is 5.10 Å². The van der Waals surface area contributed by atoms with E-state index in [9.17, 15) is 0 Å². The highest BCUT2D eigenvalue weighted by molar-refractivity contribution is 7.17. The first kappa shape index (κ1) is 10.4. The smallest absolute Gasteiger partial charge is 0.211 e. The summed E-state index contributed by atoms with van der Waals surface area (Å²) in [5.41, 5.74) is 1.08. The molecule has 2 rings (SSSR count). The van der Waals surface area contributed by atoms with Crippen LogP contribution in [0.4, 0.5) is 0 Å². The molecule has 0 aliphatic carbocycles. The number of thiazole rings is 1. The third kappa shape index (κ3) is 1.82. The molecule has 3 nitrogen and oxygen atoms in total. The third-order valence-corrected chi connectivity index (χ3v) is 3.64. The highest BCUT2D eigenvalue weighted by Gasteiger charge is 2.05. The molecule has 1 aromatic carbocycles. The maximum absolute atomic E-state index is 6.09. The van der Waals surface area contributed by atoms with E-state index in [4.69, 9.17) is 11.6 Å². The normalized spacial score (nSPS) is 13.1. The molecule has 0 aliphatic rings. The predicted octanol–water partition coefficient (Wildman–Crippen LogP) is 2.80. The second-order valence-electron chi connectivity index (χ2n) is 3.01. The van der Waals surface area contributed by atoms with Crippen LogP contribution in [-0.4, -0.2) is 10.8 Å². The quantitative estimate of drug-likeness (QED) is 0.541. The lowest BCUT2D eigenvalue weighted by Crippen LogP contribution is -2.08. The molecule has 5 heteroatoms. The average molecular weight is 240 g/mol. The van der Waals surface area contributed by atoms with Crippen LogP contribution in [-0.2, 0) is 7.05 Å². The fourth-order valence-corrected chi connectivity index (χ4v) is 2.59. The zero-order chi connectivity index (χ0) is 10.8. The van der Waals surface area contributed by atoms with Gasteiger partial charge in [-0.3, -0.25) is 0 Å². The first-order chi connectivity index (χ1) is 7.24. The lowest BCUT2D eigenvalue weighted by Gasteiger charge is -1.94. The molecule has 0 N–H and O–H groups in total. The van der Waals surface area contributed by atoms with Gasteiger partial charge in [0.25, 0.3) is 0 Å². The van der Waals surface area contributed by atoms with Gasteiger partial charge in [0, 0.05) is 13.3 Å². The number of rotatable bonds is 1. The van der Waals surface area contributed by atoms with E-state index in [2.05, 4.69) is 10.2 Å². The fourth-order valence-electron chi connectivity index (χ4n) is 1.32. The van der Waals surface area contributed by atoms with Crippen molar-refractivity contribution in [3.8, 4) is 0 Å². The van der Waals surface area contributed by atoms with Crippen molar-refractivity contribution in [2.24, 2.45) is 17.3 Å². The lowest BCUT2D eigenvalue weighted by atomic mass is 10.3. The van der Waals surface area contributed by atoms with Gasteiger partial charge in [0.15, 0.2) is 0 Å². The molecule has 0 amide bonds. The van der Waals surface area contributed by atoms with Crippen molar-refractivity contribution in [3.63, 3.8) is 0 Å². The summed E-state index contributed by atoms with van der Waals surface area (Å²) < 4.78 is 3.03. The molecule has 0 radical (unpaired) electrons. The van der Waals surface area contributed by atoms with E-state index in [1.54, 1.807) is 17.6 Å². The molecule has 2 aromatic rings. The largest absolute Gasteiger partial charge is 0.318 e. The Labute approximate surface area is 96.3 Å². The Morgan fingerprint density at radius 3 is 2.93 bits per heavy atom. The number of benzene rings is 1. The monoisotopic (exact) mass is 239 g/mol. The van der Waals surface area contributed by atoms with Crippen LogP contribution in [0.25, 0.3) is 10.2 Å². The summed E-state index contributed by atoms with van der Waals surface area (Å²) in [6.45, 7) is 1.84. The van der Waals surface area contributed by atoms with E-state index in [0.29, 0.717) is 0 Å².